The molecule has 0 spiro atoms. The SMILES string of the molecule is CC(C)c1ccc(N(C(=O)Cc2cccs2)C2C=CS(=O)(=O)C2)cc1. The van der Waals surface area contributed by atoms with Crippen molar-refractivity contribution in [2.75, 3.05) is 10.7 Å². The molecule has 0 bridgehead atoms. The Kier molecular flexibility index (Phi) is 5.11. The molecule has 1 aromatic heterocycles. The molecule has 6 heteroatoms. The summed E-state index contributed by atoms with van der Waals surface area (Å²) in [5, 5.41) is 3.15. The first kappa shape index (κ1) is 17.9. The van der Waals surface area contributed by atoms with Gasteiger partial charge in [-0.1, -0.05) is 32.0 Å². The summed E-state index contributed by atoms with van der Waals surface area (Å²) in [6, 6.07) is 11.2. The van der Waals surface area contributed by atoms with Crippen LogP contribution in [0.5, 0.6) is 0 Å². The molecule has 0 radical (unpaired) electrons. The van der Waals surface area contributed by atoms with Crippen LogP contribution in [-0.2, 0) is 21.1 Å². The van der Waals surface area contributed by atoms with E-state index in [0.717, 1.165) is 10.6 Å². The van der Waals surface area contributed by atoms with Crippen molar-refractivity contribution in [3.05, 3.63) is 63.7 Å². The normalized spacial score (nSPS) is 18.6. The Balaban J connectivity index is 1.91. The number of nitrogens with zero attached hydrogens (tertiary/aromatic N) is 1. The molecule has 0 fully saturated rings. The predicted octanol–water partition coefficient (Wildman–Crippen LogP) is 3.76. The maximum Gasteiger partial charge on any atom is 0.232 e. The zero-order chi connectivity index (χ0) is 18.0. The van der Waals surface area contributed by atoms with Crippen molar-refractivity contribution >= 4 is 32.8 Å². The summed E-state index contributed by atoms with van der Waals surface area (Å²) in [5.41, 5.74) is 1.92. The minimum absolute atomic E-state index is 0.0604. The average molecular weight is 376 g/mol. The smallest absolute Gasteiger partial charge is 0.232 e. The van der Waals surface area contributed by atoms with E-state index >= 15 is 0 Å². The number of hydrogen-bond donors (Lipinski definition) is 0. The van der Waals surface area contributed by atoms with Crippen LogP contribution in [0.15, 0.2) is 53.3 Å². The Hall–Kier alpha value is -1.92. The van der Waals surface area contributed by atoms with Gasteiger partial charge in [0.25, 0.3) is 0 Å². The van der Waals surface area contributed by atoms with E-state index in [0.29, 0.717) is 5.92 Å². The highest BCUT2D eigenvalue weighted by atomic mass is 32.2. The number of sulfone groups is 1. The number of carbonyl (C=O) groups excluding carboxylic acids is 1. The lowest BCUT2D eigenvalue weighted by Crippen LogP contribution is -2.42. The highest BCUT2D eigenvalue weighted by Gasteiger charge is 2.31. The molecule has 0 N–H and O–H groups in total. The number of anilines is 1. The van der Waals surface area contributed by atoms with Gasteiger partial charge < -0.3 is 4.90 Å². The highest BCUT2D eigenvalue weighted by Crippen LogP contribution is 2.26. The Morgan fingerprint density at radius 1 is 1.24 bits per heavy atom. The van der Waals surface area contributed by atoms with Gasteiger partial charge in [0.1, 0.15) is 0 Å². The van der Waals surface area contributed by atoms with E-state index in [4.69, 9.17) is 0 Å². The summed E-state index contributed by atoms with van der Waals surface area (Å²) in [6.07, 6.45) is 1.88. The molecule has 1 aromatic carbocycles. The van der Waals surface area contributed by atoms with E-state index in [1.54, 1.807) is 11.0 Å². The minimum Gasteiger partial charge on any atom is -0.304 e. The molecular weight excluding hydrogens is 354 g/mol. The van der Waals surface area contributed by atoms with Gasteiger partial charge in [-0.2, -0.15) is 0 Å². The summed E-state index contributed by atoms with van der Waals surface area (Å²) in [4.78, 5) is 15.5. The molecule has 132 valence electrons. The fourth-order valence-electron chi connectivity index (χ4n) is 2.91. The van der Waals surface area contributed by atoms with E-state index in [2.05, 4.69) is 13.8 Å². The third-order valence-electron chi connectivity index (χ3n) is 4.25. The van der Waals surface area contributed by atoms with Crippen molar-refractivity contribution < 1.29 is 13.2 Å². The van der Waals surface area contributed by atoms with Crippen molar-refractivity contribution in [2.45, 2.75) is 32.2 Å². The second-order valence-corrected chi connectivity index (χ2v) is 9.45. The van der Waals surface area contributed by atoms with Gasteiger partial charge in [-0.3, -0.25) is 4.79 Å². The van der Waals surface area contributed by atoms with Crippen LogP contribution in [0, 0.1) is 0 Å². The summed E-state index contributed by atoms with van der Waals surface area (Å²) in [6.45, 7) is 4.22. The van der Waals surface area contributed by atoms with Gasteiger partial charge in [-0.25, -0.2) is 8.42 Å². The molecule has 4 nitrogen and oxygen atoms in total. The van der Waals surface area contributed by atoms with Gasteiger partial charge in [0.05, 0.1) is 18.2 Å². The number of carbonyl (C=O) groups is 1. The lowest BCUT2D eigenvalue weighted by atomic mass is 10.0. The first-order chi connectivity index (χ1) is 11.9. The Morgan fingerprint density at radius 3 is 2.48 bits per heavy atom. The molecule has 2 aromatic rings. The van der Waals surface area contributed by atoms with Crippen molar-refractivity contribution in [3.8, 4) is 0 Å². The van der Waals surface area contributed by atoms with E-state index < -0.39 is 15.9 Å². The third kappa shape index (κ3) is 4.19. The quantitative estimate of drug-likeness (QED) is 0.800. The monoisotopic (exact) mass is 375 g/mol. The van der Waals surface area contributed by atoms with Gasteiger partial charge in [0.2, 0.25) is 5.91 Å². The molecule has 0 saturated heterocycles. The van der Waals surface area contributed by atoms with Crippen molar-refractivity contribution in [1.29, 1.82) is 0 Å². The van der Waals surface area contributed by atoms with Gasteiger partial charge in [0, 0.05) is 16.0 Å². The van der Waals surface area contributed by atoms with Gasteiger partial charge >= 0.3 is 0 Å². The number of hydrogen-bond acceptors (Lipinski definition) is 4. The fraction of sp³-hybridized carbons (Fsp3) is 0.316. The van der Waals surface area contributed by atoms with Crippen LogP contribution in [0.25, 0.3) is 0 Å². The molecule has 1 aliphatic rings. The zero-order valence-corrected chi connectivity index (χ0v) is 15.9. The van der Waals surface area contributed by atoms with E-state index in [-0.39, 0.29) is 18.1 Å². The molecular formula is C19H21NO3S2. The van der Waals surface area contributed by atoms with Crippen LogP contribution in [-0.4, -0.2) is 26.1 Å². The zero-order valence-electron chi connectivity index (χ0n) is 14.3. The average Bonchev–Trinajstić information content (AvgIpc) is 3.17. The number of benzene rings is 1. The van der Waals surface area contributed by atoms with Crippen LogP contribution in [0.2, 0.25) is 0 Å². The molecule has 3 rings (SSSR count). The van der Waals surface area contributed by atoms with Crippen molar-refractivity contribution in [1.82, 2.24) is 0 Å². The fourth-order valence-corrected chi connectivity index (χ4v) is 4.87. The molecule has 1 aliphatic heterocycles. The second kappa shape index (κ2) is 7.14. The topological polar surface area (TPSA) is 54.5 Å². The Morgan fingerprint density at radius 2 is 1.96 bits per heavy atom. The number of thiophene rings is 1. The lowest BCUT2D eigenvalue weighted by Gasteiger charge is -2.28. The van der Waals surface area contributed by atoms with Crippen LogP contribution in [0.3, 0.4) is 0 Å². The number of amides is 1. The lowest BCUT2D eigenvalue weighted by molar-refractivity contribution is -0.118. The van der Waals surface area contributed by atoms with Gasteiger partial charge in [-0.15, -0.1) is 11.3 Å². The van der Waals surface area contributed by atoms with Crippen LogP contribution in [0.1, 0.15) is 30.2 Å². The van der Waals surface area contributed by atoms with E-state index in [1.807, 2.05) is 41.8 Å². The molecule has 0 aliphatic carbocycles. The maximum absolute atomic E-state index is 12.9. The molecule has 1 unspecified atom stereocenters. The summed E-state index contributed by atoms with van der Waals surface area (Å²) < 4.78 is 23.7. The van der Waals surface area contributed by atoms with Crippen molar-refractivity contribution in [3.63, 3.8) is 0 Å². The van der Waals surface area contributed by atoms with Gasteiger partial charge in [0.15, 0.2) is 9.84 Å². The van der Waals surface area contributed by atoms with Crippen LogP contribution >= 0.6 is 11.3 Å². The first-order valence-corrected chi connectivity index (χ1v) is 10.8. The first-order valence-electron chi connectivity index (χ1n) is 8.21. The largest absolute Gasteiger partial charge is 0.304 e. The van der Waals surface area contributed by atoms with E-state index in [9.17, 15) is 13.2 Å². The predicted molar refractivity (Wildman–Crippen MR) is 103 cm³/mol. The van der Waals surface area contributed by atoms with Crippen LogP contribution < -0.4 is 4.90 Å². The summed E-state index contributed by atoms with van der Waals surface area (Å²) in [5.74, 6) is 0.248. The Labute approximate surface area is 152 Å². The van der Waals surface area contributed by atoms with Crippen molar-refractivity contribution in [2.24, 2.45) is 0 Å². The molecule has 25 heavy (non-hydrogen) atoms. The molecule has 1 atom stereocenters. The molecule has 2 heterocycles. The maximum atomic E-state index is 12.9. The summed E-state index contributed by atoms with van der Waals surface area (Å²) >= 11 is 1.53. The third-order valence-corrected chi connectivity index (χ3v) is 6.51. The van der Waals surface area contributed by atoms with E-state index in [1.165, 1.54) is 22.3 Å². The standard InChI is InChI=1S/C19H21NO3S2/c1-14(2)15-5-7-16(8-6-15)20(17-9-11-25(22,23)13-17)19(21)12-18-4-3-10-24-18/h3-11,14,17H,12-13H2,1-2H3. The highest BCUT2D eigenvalue weighted by molar-refractivity contribution is 7.94. The van der Waals surface area contributed by atoms with Crippen LogP contribution in [0.4, 0.5) is 5.69 Å². The minimum atomic E-state index is -3.24. The second-order valence-electron chi connectivity index (χ2n) is 6.49. The molecule has 1 amide bonds. The number of rotatable bonds is 5. The van der Waals surface area contributed by atoms with Gasteiger partial charge in [-0.05, 0) is 41.1 Å². The summed E-state index contributed by atoms with van der Waals surface area (Å²) in [7, 11) is -3.24. The molecule has 0 saturated carbocycles. The Bertz CT molecular complexity index is 866.